The molecule has 74 valence electrons. The molecule has 1 aromatic rings. The second kappa shape index (κ2) is 2.87. The van der Waals surface area contributed by atoms with Crippen LogP contribution in [0.5, 0.6) is 5.88 Å². The van der Waals surface area contributed by atoms with E-state index in [1.54, 1.807) is 13.0 Å². The molecule has 2 rings (SSSR count). The molecule has 0 unspecified atom stereocenters. The summed E-state index contributed by atoms with van der Waals surface area (Å²) in [5.41, 5.74) is 5.38. The van der Waals surface area contributed by atoms with Crippen molar-refractivity contribution in [2.24, 2.45) is 5.73 Å². The maximum Gasteiger partial charge on any atom is 0.266 e. The largest absolute Gasteiger partial charge is 0.477 e. The van der Waals surface area contributed by atoms with Crippen LogP contribution in [-0.4, -0.2) is 17.1 Å². The fourth-order valence-electron chi connectivity index (χ4n) is 1.61. The molecule has 5 nitrogen and oxygen atoms in total. The number of amides is 1. The zero-order valence-corrected chi connectivity index (χ0v) is 7.74. The quantitative estimate of drug-likeness (QED) is 0.663. The summed E-state index contributed by atoms with van der Waals surface area (Å²) < 4.78 is 6.63. The van der Waals surface area contributed by atoms with Crippen LogP contribution in [0.15, 0.2) is 10.9 Å². The Bertz CT molecular complexity index is 462. The summed E-state index contributed by atoms with van der Waals surface area (Å²) in [6.45, 7) is 2.62. The summed E-state index contributed by atoms with van der Waals surface area (Å²) in [5.74, 6) is -0.174. The van der Waals surface area contributed by atoms with E-state index in [1.165, 1.54) is 4.57 Å². The summed E-state index contributed by atoms with van der Waals surface area (Å²) in [6, 6.07) is 1.66. The van der Waals surface area contributed by atoms with Gasteiger partial charge in [-0.25, -0.2) is 0 Å². The van der Waals surface area contributed by atoms with Crippen molar-refractivity contribution in [1.82, 2.24) is 4.57 Å². The highest BCUT2D eigenvalue weighted by Crippen LogP contribution is 2.17. The Morgan fingerprint density at radius 2 is 2.36 bits per heavy atom. The van der Waals surface area contributed by atoms with E-state index in [0.717, 1.165) is 0 Å². The minimum atomic E-state index is -0.685. The summed E-state index contributed by atoms with van der Waals surface area (Å²) in [7, 11) is 0. The maximum absolute atomic E-state index is 11.7. The van der Waals surface area contributed by atoms with Crippen LogP contribution < -0.4 is 16.0 Å². The number of pyridine rings is 1. The van der Waals surface area contributed by atoms with Gasteiger partial charge < -0.3 is 10.5 Å². The van der Waals surface area contributed by atoms with E-state index in [-0.39, 0.29) is 11.1 Å². The lowest BCUT2D eigenvalue weighted by molar-refractivity contribution is 0.0998. The number of primary amides is 1. The normalized spacial score (nSPS) is 13.5. The van der Waals surface area contributed by atoms with Crippen molar-refractivity contribution >= 4 is 5.91 Å². The lowest BCUT2D eigenvalue weighted by atomic mass is 10.1. The molecule has 0 radical (unpaired) electrons. The van der Waals surface area contributed by atoms with E-state index in [9.17, 15) is 9.59 Å². The number of aromatic nitrogens is 1. The number of hydrogen-bond donors (Lipinski definition) is 1. The fraction of sp³-hybridized carbons (Fsp3) is 0.333. The molecular weight excluding hydrogens is 184 g/mol. The molecule has 0 fully saturated rings. The number of rotatable bonds is 1. The Labute approximate surface area is 80.1 Å². The molecule has 14 heavy (non-hydrogen) atoms. The monoisotopic (exact) mass is 194 g/mol. The topological polar surface area (TPSA) is 74.3 Å². The number of carbonyl (C=O) groups excluding carboxylic acids is 1. The van der Waals surface area contributed by atoms with Gasteiger partial charge in [-0.2, -0.15) is 0 Å². The molecule has 5 heteroatoms. The molecule has 2 heterocycles. The van der Waals surface area contributed by atoms with Crippen LogP contribution >= 0.6 is 0 Å². The lowest BCUT2D eigenvalue weighted by Crippen LogP contribution is -2.29. The van der Waals surface area contributed by atoms with Gasteiger partial charge in [0.25, 0.3) is 11.5 Å². The van der Waals surface area contributed by atoms with Crippen LogP contribution in [0, 0.1) is 6.92 Å². The number of ether oxygens (including phenoxy) is 1. The molecule has 0 saturated heterocycles. The van der Waals surface area contributed by atoms with Crippen LogP contribution in [0.2, 0.25) is 0 Å². The van der Waals surface area contributed by atoms with Gasteiger partial charge in [0, 0.05) is 6.07 Å². The standard InChI is InChI=1S/C9H10N2O3/c1-5-4-6-11(2-3-14-6)9(13)7(5)8(10)12/h4H,2-3H2,1H3,(H2,10,12). The molecule has 0 saturated carbocycles. The molecule has 2 N–H and O–H groups in total. The SMILES string of the molecule is Cc1cc2n(c(=O)c1C(N)=O)CCO2. The molecule has 1 aliphatic rings. The highest BCUT2D eigenvalue weighted by molar-refractivity contribution is 5.93. The molecule has 1 amide bonds. The third-order valence-corrected chi connectivity index (χ3v) is 2.27. The molecule has 1 aromatic heterocycles. The van der Waals surface area contributed by atoms with E-state index < -0.39 is 5.91 Å². The number of hydrogen-bond acceptors (Lipinski definition) is 3. The number of carbonyl (C=O) groups is 1. The molecule has 0 aromatic carbocycles. The third kappa shape index (κ3) is 1.09. The second-order valence-electron chi connectivity index (χ2n) is 3.21. The van der Waals surface area contributed by atoms with Gasteiger partial charge in [-0.05, 0) is 12.5 Å². The number of nitrogens with zero attached hydrogens (tertiary/aromatic N) is 1. The van der Waals surface area contributed by atoms with Crippen molar-refractivity contribution in [3.63, 3.8) is 0 Å². The first-order valence-corrected chi connectivity index (χ1v) is 4.28. The molecular formula is C9H10N2O3. The van der Waals surface area contributed by atoms with E-state index in [2.05, 4.69) is 0 Å². The predicted octanol–water partition coefficient (Wildman–Crippen LogP) is -0.352. The van der Waals surface area contributed by atoms with Gasteiger partial charge in [-0.1, -0.05) is 0 Å². The summed E-state index contributed by atoms with van der Waals surface area (Å²) >= 11 is 0. The summed E-state index contributed by atoms with van der Waals surface area (Å²) in [5, 5.41) is 0. The molecule has 0 bridgehead atoms. The van der Waals surface area contributed by atoms with Crippen LogP contribution in [-0.2, 0) is 6.54 Å². The zero-order valence-electron chi connectivity index (χ0n) is 7.74. The Morgan fingerprint density at radius 1 is 1.64 bits per heavy atom. The Balaban J connectivity index is 2.75. The summed E-state index contributed by atoms with van der Waals surface area (Å²) in [6.07, 6.45) is 0. The molecule has 0 atom stereocenters. The zero-order chi connectivity index (χ0) is 10.3. The first kappa shape index (κ1) is 8.80. The first-order valence-electron chi connectivity index (χ1n) is 4.28. The van der Waals surface area contributed by atoms with Crippen LogP contribution in [0.3, 0.4) is 0 Å². The van der Waals surface area contributed by atoms with Crippen LogP contribution in [0.25, 0.3) is 0 Å². The van der Waals surface area contributed by atoms with Crippen LogP contribution in [0.1, 0.15) is 15.9 Å². The van der Waals surface area contributed by atoms with Gasteiger partial charge in [0.1, 0.15) is 12.2 Å². The average Bonchev–Trinajstić information content (AvgIpc) is 2.50. The van der Waals surface area contributed by atoms with Crippen LogP contribution in [0.4, 0.5) is 0 Å². The Morgan fingerprint density at radius 3 is 3.00 bits per heavy atom. The van der Waals surface area contributed by atoms with Gasteiger partial charge in [0.2, 0.25) is 0 Å². The second-order valence-corrected chi connectivity index (χ2v) is 3.21. The smallest absolute Gasteiger partial charge is 0.266 e. The van der Waals surface area contributed by atoms with Crippen molar-refractivity contribution in [2.45, 2.75) is 13.5 Å². The van der Waals surface area contributed by atoms with Crippen molar-refractivity contribution in [3.8, 4) is 5.88 Å². The highest BCUT2D eigenvalue weighted by Gasteiger charge is 2.20. The van der Waals surface area contributed by atoms with E-state index >= 15 is 0 Å². The molecule has 0 aliphatic carbocycles. The van der Waals surface area contributed by atoms with E-state index in [1.807, 2.05) is 0 Å². The Kier molecular flexibility index (Phi) is 1.80. The third-order valence-electron chi connectivity index (χ3n) is 2.27. The van der Waals surface area contributed by atoms with Crippen molar-refractivity contribution in [1.29, 1.82) is 0 Å². The number of fused-ring (bicyclic) bond motifs is 1. The van der Waals surface area contributed by atoms with Gasteiger partial charge in [-0.3, -0.25) is 14.2 Å². The maximum atomic E-state index is 11.7. The highest BCUT2D eigenvalue weighted by atomic mass is 16.5. The van der Waals surface area contributed by atoms with E-state index in [0.29, 0.717) is 24.6 Å². The van der Waals surface area contributed by atoms with E-state index in [4.69, 9.17) is 10.5 Å². The number of aryl methyl sites for hydroxylation is 1. The van der Waals surface area contributed by atoms with Crippen molar-refractivity contribution in [3.05, 3.63) is 27.5 Å². The summed E-state index contributed by atoms with van der Waals surface area (Å²) in [4.78, 5) is 22.7. The number of nitrogens with two attached hydrogens (primary N) is 1. The van der Waals surface area contributed by atoms with Crippen molar-refractivity contribution in [2.75, 3.05) is 6.61 Å². The fourth-order valence-corrected chi connectivity index (χ4v) is 1.61. The average molecular weight is 194 g/mol. The van der Waals surface area contributed by atoms with Crippen molar-refractivity contribution < 1.29 is 9.53 Å². The Hall–Kier alpha value is -1.78. The predicted molar refractivity (Wildman–Crippen MR) is 49.5 cm³/mol. The molecule has 1 aliphatic heterocycles. The molecule has 0 spiro atoms. The minimum Gasteiger partial charge on any atom is -0.477 e. The van der Waals surface area contributed by atoms with Gasteiger partial charge >= 0.3 is 0 Å². The lowest BCUT2D eigenvalue weighted by Gasteiger charge is -2.05. The van der Waals surface area contributed by atoms with Gasteiger partial charge in [0.05, 0.1) is 6.54 Å². The minimum absolute atomic E-state index is 0.0549. The first-order chi connectivity index (χ1) is 6.61. The van der Waals surface area contributed by atoms with Gasteiger partial charge in [-0.15, -0.1) is 0 Å². The van der Waals surface area contributed by atoms with Gasteiger partial charge in [0.15, 0.2) is 5.88 Å².